The highest BCUT2D eigenvalue weighted by Gasteiger charge is 2.51. The minimum Gasteiger partial charge on any atom is -0.489 e. The maximum Gasteiger partial charge on any atom is 0.265 e. The van der Waals surface area contributed by atoms with E-state index in [1.165, 1.54) is 11.8 Å². The molecule has 13 heteroatoms. The van der Waals surface area contributed by atoms with Crippen LogP contribution < -0.4 is 15.5 Å². The van der Waals surface area contributed by atoms with Gasteiger partial charge < -0.3 is 19.7 Å². The van der Waals surface area contributed by atoms with Gasteiger partial charge in [0, 0.05) is 39.1 Å². The van der Waals surface area contributed by atoms with Crippen molar-refractivity contribution < 1.29 is 29.1 Å². The highest BCUT2D eigenvalue weighted by Crippen LogP contribution is 2.40. The van der Waals surface area contributed by atoms with Gasteiger partial charge in [0.25, 0.3) is 5.91 Å². The zero-order valence-electron chi connectivity index (χ0n) is 22.2. The van der Waals surface area contributed by atoms with E-state index in [2.05, 4.69) is 15.2 Å². The highest BCUT2D eigenvalue weighted by molar-refractivity contribution is 6.32. The summed E-state index contributed by atoms with van der Waals surface area (Å²) in [6, 6.07) is 9.41. The van der Waals surface area contributed by atoms with E-state index in [4.69, 9.17) is 37.9 Å². The monoisotopic (exact) mass is 593 g/mol. The van der Waals surface area contributed by atoms with Crippen LogP contribution in [0.15, 0.2) is 36.4 Å². The van der Waals surface area contributed by atoms with E-state index in [0.29, 0.717) is 44.0 Å². The number of nitrogens with zero attached hydrogens (tertiary/aromatic N) is 3. The third kappa shape index (κ3) is 7.21. The van der Waals surface area contributed by atoms with Gasteiger partial charge in [-0.05, 0) is 48.7 Å². The number of ether oxygens (including phenoxy) is 2. The Morgan fingerprint density at radius 3 is 2.48 bits per heavy atom. The summed E-state index contributed by atoms with van der Waals surface area (Å²) in [5, 5.41) is 12.6. The number of benzene rings is 1. The number of nitrogens with one attached hydrogen (secondary N) is 2. The molecule has 0 aliphatic carbocycles. The third-order valence-corrected chi connectivity index (χ3v) is 7.75. The molecule has 3 N–H and O–H groups in total. The molecule has 1 aromatic heterocycles. The molecule has 2 atom stereocenters. The van der Waals surface area contributed by atoms with E-state index < -0.39 is 17.4 Å². The van der Waals surface area contributed by atoms with Crippen molar-refractivity contribution in [2.24, 2.45) is 0 Å². The predicted molar refractivity (Wildman–Crippen MR) is 147 cm³/mol. The number of pyridine rings is 1. The van der Waals surface area contributed by atoms with Crippen molar-refractivity contribution in [3.63, 3.8) is 0 Å². The minimum absolute atomic E-state index is 0.0763. The summed E-state index contributed by atoms with van der Waals surface area (Å²) in [5.41, 5.74) is 1.83. The van der Waals surface area contributed by atoms with Crippen LogP contribution in [0.5, 0.6) is 5.75 Å². The summed E-state index contributed by atoms with van der Waals surface area (Å²) < 4.78 is 11.2. The summed E-state index contributed by atoms with van der Waals surface area (Å²) in [6.45, 7) is 6.12. The molecule has 2 saturated heterocycles. The minimum atomic E-state index is -1.17. The van der Waals surface area contributed by atoms with Crippen LogP contribution in [-0.4, -0.2) is 89.7 Å². The lowest BCUT2D eigenvalue weighted by molar-refractivity contribution is -0.144. The Morgan fingerprint density at radius 2 is 1.82 bits per heavy atom. The fourth-order valence-electron chi connectivity index (χ4n) is 5.08. The molecule has 2 aliphatic heterocycles. The first-order valence-corrected chi connectivity index (χ1v) is 13.8. The first kappa shape index (κ1) is 30.0. The van der Waals surface area contributed by atoms with E-state index in [1.54, 1.807) is 41.9 Å². The first-order chi connectivity index (χ1) is 19.2. The predicted octanol–water partition coefficient (Wildman–Crippen LogP) is 2.17. The number of hydrogen-bond acceptors (Lipinski definition) is 8. The fourth-order valence-corrected chi connectivity index (χ4v) is 5.59. The molecule has 2 unspecified atom stereocenters. The Labute approximate surface area is 242 Å². The Hall–Kier alpha value is -2.96. The fraction of sp³-hybridized carbons (Fsp3) is 0.481. The van der Waals surface area contributed by atoms with Gasteiger partial charge in [0.05, 0.1) is 18.6 Å². The van der Waals surface area contributed by atoms with Crippen LogP contribution >= 0.6 is 23.2 Å². The second-order valence-corrected chi connectivity index (χ2v) is 10.7. The molecule has 0 radical (unpaired) electrons. The van der Waals surface area contributed by atoms with Gasteiger partial charge in [-0.1, -0.05) is 35.3 Å². The Balaban J connectivity index is 1.48. The average molecular weight is 594 g/mol. The van der Waals surface area contributed by atoms with Crippen LogP contribution in [0.3, 0.4) is 0 Å². The van der Waals surface area contributed by atoms with Gasteiger partial charge in [0.1, 0.15) is 28.7 Å². The number of carbonyl (C=O) groups excluding carboxylic acids is 3. The lowest BCUT2D eigenvalue weighted by Crippen LogP contribution is -2.49. The Kier molecular flexibility index (Phi) is 10.2. The molecule has 11 nitrogen and oxygen atoms in total. The van der Waals surface area contributed by atoms with Crippen molar-refractivity contribution in [3.05, 3.63) is 57.8 Å². The summed E-state index contributed by atoms with van der Waals surface area (Å²) in [5.74, 6) is -0.747. The van der Waals surface area contributed by atoms with Crippen molar-refractivity contribution in [1.29, 1.82) is 0 Å². The van der Waals surface area contributed by atoms with Gasteiger partial charge in [-0.2, -0.15) is 0 Å². The molecule has 4 rings (SSSR count). The molecule has 0 bridgehead atoms. The first-order valence-electron chi connectivity index (χ1n) is 13.1. The molecule has 216 valence electrons. The highest BCUT2D eigenvalue weighted by atomic mass is 35.5. The second-order valence-electron chi connectivity index (χ2n) is 9.90. The molecule has 1 aromatic carbocycles. The number of aromatic nitrogens is 1. The Morgan fingerprint density at radius 1 is 1.15 bits per heavy atom. The van der Waals surface area contributed by atoms with E-state index in [9.17, 15) is 14.4 Å². The molecule has 2 aliphatic rings. The van der Waals surface area contributed by atoms with Crippen LogP contribution in [0.25, 0.3) is 0 Å². The standard InChI is InChI=1S/C27H33Cl2N5O6/c1-18(25(36)32-38)34-8-6-27(26(34)37,16-24(35)30-7-9-33-10-12-39-13-11-33)20-2-4-21(5-3-20)40-17-19-14-22(28)31-23(29)15-19/h2-5,14-15,18,38H,6-13,16-17H2,1H3,(H,30,35)(H,32,36). The largest absolute Gasteiger partial charge is 0.489 e. The molecule has 2 aromatic rings. The summed E-state index contributed by atoms with van der Waals surface area (Å²) in [7, 11) is 0. The molecular weight excluding hydrogens is 561 g/mol. The van der Waals surface area contributed by atoms with E-state index in [-0.39, 0.29) is 41.7 Å². The molecule has 2 fully saturated rings. The zero-order valence-corrected chi connectivity index (χ0v) is 23.7. The number of rotatable bonds is 11. The van der Waals surface area contributed by atoms with E-state index in [0.717, 1.165) is 18.7 Å². The van der Waals surface area contributed by atoms with Crippen LogP contribution in [-0.2, 0) is 31.1 Å². The van der Waals surface area contributed by atoms with Crippen molar-refractivity contribution >= 4 is 40.9 Å². The topological polar surface area (TPSA) is 133 Å². The van der Waals surface area contributed by atoms with Gasteiger partial charge in [0.15, 0.2) is 0 Å². The van der Waals surface area contributed by atoms with Crippen molar-refractivity contribution in [1.82, 2.24) is 25.6 Å². The summed E-state index contributed by atoms with van der Waals surface area (Å²) in [6.07, 6.45) is 0.257. The van der Waals surface area contributed by atoms with Crippen LogP contribution in [0.1, 0.15) is 30.9 Å². The van der Waals surface area contributed by atoms with Crippen molar-refractivity contribution in [2.75, 3.05) is 45.9 Å². The summed E-state index contributed by atoms with van der Waals surface area (Å²) in [4.78, 5) is 46.5. The molecule has 3 amide bonds. The van der Waals surface area contributed by atoms with Gasteiger partial charge in [-0.3, -0.25) is 24.5 Å². The summed E-state index contributed by atoms with van der Waals surface area (Å²) >= 11 is 11.9. The van der Waals surface area contributed by atoms with Gasteiger partial charge >= 0.3 is 0 Å². The van der Waals surface area contributed by atoms with E-state index in [1.807, 2.05) is 0 Å². The van der Waals surface area contributed by atoms with Gasteiger partial charge in [-0.15, -0.1) is 0 Å². The van der Waals surface area contributed by atoms with Gasteiger partial charge in [-0.25, -0.2) is 10.5 Å². The molecule has 3 heterocycles. The number of morpholine rings is 1. The zero-order chi connectivity index (χ0) is 28.7. The quantitative estimate of drug-likeness (QED) is 0.205. The van der Waals surface area contributed by atoms with Crippen molar-refractivity contribution in [2.45, 2.75) is 37.8 Å². The lowest BCUT2D eigenvalue weighted by atomic mass is 9.75. The number of halogens is 2. The SMILES string of the molecule is CC(C(=O)NO)N1CCC(CC(=O)NCCN2CCOCC2)(c2ccc(OCc3cc(Cl)nc(Cl)c3)cc2)C1=O. The smallest absolute Gasteiger partial charge is 0.265 e. The Bertz CT molecular complexity index is 1190. The molecule has 0 spiro atoms. The average Bonchev–Trinajstić information content (AvgIpc) is 3.27. The number of hydrogen-bond donors (Lipinski definition) is 3. The van der Waals surface area contributed by atoms with Gasteiger partial charge in [0.2, 0.25) is 11.8 Å². The molecule has 0 saturated carbocycles. The number of carbonyl (C=O) groups is 3. The van der Waals surface area contributed by atoms with E-state index >= 15 is 0 Å². The lowest BCUT2D eigenvalue weighted by Gasteiger charge is -2.30. The van der Waals surface area contributed by atoms with Crippen LogP contribution in [0.4, 0.5) is 0 Å². The van der Waals surface area contributed by atoms with Crippen LogP contribution in [0.2, 0.25) is 10.3 Å². The molecular formula is C27H33Cl2N5O6. The number of likely N-dealkylation sites (tertiary alicyclic amines) is 1. The number of amides is 3. The second kappa shape index (κ2) is 13.6. The third-order valence-electron chi connectivity index (χ3n) is 7.36. The van der Waals surface area contributed by atoms with Crippen LogP contribution in [0, 0.1) is 0 Å². The van der Waals surface area contributed by atoms with Crippen molar-refractivity contribution in [3.8, 4) is 5.75 Å². The molecule has 40 heavy (non-hydrogen) atoms. The normalized spacial score (nSPS) is 20.3. The maximum absolute atomic E-state index is 13.8. The maximum atomic E-state index is 13.8. The number of hydroxylamine groups is 1.